The lowest BCUT2D eigenvalue weighted by molar-refractivity contribution is 0.589. The van der Waals surface area contributed by atoms with Crippen molar-refractivity contribution in [1.29, 1.82) is 5.26 Å². The minimum Gasteiger partial charge on any atom is -0.240 e. The van der Waals surface area contributed by atoms with E-state index in [1.165, 1.54) is 6.20 Å². The lowest BCUT2D eigenvalue weighted by Gasteiger charge is -2.08. The average molecular weight is 331 g/mol. The quantitative estimate of drug-likeness (QED) is 0.719. The van der Waals surface area contributed by atoms with Crippen LogP contribution in [0, 0.1) is 18.3 Å². The minimum absolute atomic E-state index is 0.166. The second kappa shape index (κ2) is 5.16. The predicted octanol–water partition coefficient (Wildman–Crippen LogP) is 3.71. The van der Waals surface area contributed by atoms with Crippen molar-refractivity contribution in [3.8, 4) is 6.07 Å². The summed E-state index contributed by atoms with van der Waals surface area (Å²) in [6, 6.07) is 13.4. The summed E-state index contributed by atoms with van der Waals surface area (Å²) in [4.78, 5) is 0.166. The van der Waals surface area contributed by atoms with Crippen molar-refractivity contribution in [2.75, 3.05) is 0 Å². The number of rotatable bonds is 2. The fourth-order valence-electron chi connectivity index (χ4n) is 2.28. The first-order chi connectivity index (χ1) is 10.4. The van der Waals surface area contributed by atoms with Gasteiger partial charge in [-0.1, -0.05) is 29.3 Å². The Morgan fingerprint density at radius 2 is 1.82 bits per heavy atom. The van der Waals surface area contributed by atoms with E-state index in [9.17, 15) is 13.7 Å². The Morgan fingerprint density at radius 1 is 1.14 bits per heavy atom. The number of aromatic nitrogens is 1. The van der Waals surface area contributed by atoms with Crippen molar-refractivity contribution in [1.82, 2.24) is 3.97 Å². The highest BCUT2D eigenvalue weighted by Crippen LogP contribution is 2.28. The topological polar surface area (TPSA) is 62.9 Å². The Labute approximate surface area is 133 Å². The SMILES string of the molecule is Cc1ccc(S(=O)(=O)n2cc(C#N)c3ccc(Cl)cc32)cc1. The molecule has 1 heterocycles. The molecule has 0 amide bonds. The summed E-state index contributed by atoms with van der Waals surface area (Å²) >= 11 is 5.97. The predicted molar refractivity (Wildman–Crippen MR) is 85.4 cm³/mol. The monoisotopic (exact) mass is 330 g/mol. The van der Waals surface area contributed by atoms with Crippen LogP contribution in [0.25, 0.3) is 10.9 Å². The van der Waals surface area contributed by atoms with Crippen molar-refractivity contribution in [2.24, 2.45) is 0 Å². The number of fused-ring (bicyclic) bond motifs is 1. The van der Waals surface area contributed by atoms with E-state index in [-0.39, 0.29) is 4.90 Å². The van der Waals surface area contributed by atoms with E-state index in [0.717, 1.165) is 9.54 Å². The number of aryl methyl sites for hydroxylation is 1. The summed E-state index contributed by atoms with van der Waals surface area (Å²) in [5.41, 5.74) is 1.66. The van der Waals surface area contributed by atoms with Gasteiger partial charge in [0.15, 0.2) is 0 Å². The molecule has 4 nitrogen and oxygen atoms in total. The van der Waals surface area contributed by atoms with Crippen LogP contribution in [0.1, 0.15) is 11.1 Å². The van der Waals surface area contributed by atoms with E-state index in [2.05, 4.69) is 0 Å². The summed E-state index contributed by atoms with van der Waals surface area (Å²) in [6.45, 7) is 1.88. The molecule has 0 unspecified atom stereocenters. The van der Waals surface area contributed by atoms with E-state index >= 15 is 0 Å². The molecule has 0 bridgehead atoms. The van der Waals surface area contributed by atoms with Crippen LogP contribution in [0.5, 0.6) is 0 Å². The van der Waals surface area contributed by atoms with Gasteiger partial charge < -0.3 is 0 Å². The third-order valence-electron chi connectivity index (χ3n) is 3.43. The number of hydrogen-bond acceptors (Lipinski definition) is 3. The van der Waals surface area contributed by atoms with Gasteiger partial charge in [-0.15, -0.1) is 0 Å². The first-order valence-electron chi connectivity index (χ1n) is 6.46. The van der Waals surface area contributed by atoms with Gasteiger partial charge in [0.1, 0.15) is 6.07 Å². The second-order valence-corrected chi connectivity index (χ2v) is 7.18. The molecular weight excluding hydrogens is 320 g/mol. The van der Waals surface area contributed by atoms with Crippen molar-refractivity contribution in [2.45, 2.75) is 11.8 Å². The summed E-state index contributed by atoms with van der Waals surface area (Å²) in [5.74, 6) is 0. The van der Waals surface area contributed by atoms with E-state index in [1.807, 2.05) is 13.0 Å². The van der Waals surface area contributed by atoms with Gasteiger partial charge in [0.25, 0.3) is 10.0 Å². The lowest BCUT2D eigenvalue weighted by atomic mass is 10.2. The molecule has 0 aliphatic rings. The fourth-order valence-corrected chi connectivity index (χ4v) is 3.81. The van der Waals surface area contributed by atoms with E-state index in [4.69, 9.17) is 11.6 Å². The normalized spacial score (nSPS) is 11.5. The maximum Gasteiger partial charge on any atom is 0.268 e. The standard InChI is InChI=1S/C16H11ClN2O2S/c1-11-2-5-14(6-3-11)22(20,21)19-10-12(9-18)15-7-4-13(17)8-16(15)19/h2-8,10H,1H3. The molecule has 6 heteroatoms. The molecule has 0 fully saturated rings. The maximum absolute atomic E-state index is 12.8. The molecule has 0 radical (unpaired) electrons. The summed E-state index contributed by atoms with van der Waals surface area (Å²) < 4.78 is 26.7. The van der Waals surface area contributed by atoms with Crippen molar-refractivity contribution < 1.29 is 8.42 Å². The van der Waals surface area contributed by atoms with Crippen LogP contribution in [0.15, 0.2) is 53.6 Å². The number of benzene rings is 2. The van der Waals surface area contributed by atoms with Crippen molar-refractivity contribution in [3.63, 3.8) is 0 Å². The Balaban J connectivity index is 2.32. The number of nitriles is 1. The molecule has 0 saturated carbocycles. The largest absolute Gasteiger partial charge is 0.268 e. The van der Waals surface area contributed by atoms with Crippen LogP contribution in [0.3, 0.4) is 0 Å². The Morgan fingerprint density at radius 3 is 2.45 bits per heavy atom. The molecule has 0 N–H and O–H groups in total. The second-order valence-electron chi connectivity index (χ2n) is 4.93. The molecule has 0 saturated heterocycles. The molecule has 0 aliphatic carbocycles. The molecule has 0 atom stereocenters. The third kappa shape index (κ3) is 2.27. The molecule has 2 aromatic carbocycles. The summed E-state index contributed by atoms with van der Waals surface area (Å²) in [6.07, 6.45) is 1.33. The zero-order chi connectivity index (χ0) is 15.9. The van der Waals surface area contributed by atoms with Crippen molar-refractivity contribution >= 4 is 32.5 Å². The minimum atomic E-state index is -3.78. The van der Waals surface area contributed by atoms with Gasteiger partial charge in [0.2, 0.25) is 0 Å². The first kappa shape index (κ1) is 14.6. The van der Waals surface area contributed by atoms with E-state index in [0.29, 0.717) is 21.5 Å². The number of halogens is 1. The maximum atomic E-state index is 12.8. The van der Waals surface area contributed by atoms with Gasteiger partial charge >= 0.3 is 0 Å². The highest BCUT2D eigenvalue weighted by atomic mass is 35.5. The molecular formula is C16H11ClN2O2S. The van der Waals surface area contributed by atoms with Crippen LogP contribution in [-0.2, 0) is 10.0 Å². The zero-order valence-corrected chi connectivity index (χ0v) is 13.2. The van der Waals surface area contributed by atoms with E-state index in [1.54, 1.807) is 42.5 Å². The summed E-state index contributed by atoms with van der Waals surface area (Å²) in [7, 11) is -3.78. The molecule has 0 spiro atoms. The van der Waals surface area contributed by atoms with Gasteiger partial charge in [-0.05, 0) is 37.3 Å². The third-order valence-corrected chi connectivity index (χ3v) is 5.35. The van der Waals surface area contributed by atoms with E-state index < -0.39 is 10.0 Å². The van der Waals surface area contributed by atoms with Gasteiger partial charge in [0, 0.05) is 16.6 Å². The molecule has 3 rings (SSSR count). The Kier molecular flexibility index (Phi) is 3.44. The lowest BCUT2D eigenvalue weighted by Crippen LogP contribution is -2.11. The molecule has 3 aromatic rings. The van der Waals surface area contributed by atoms with Crippen molar-refractivity contribution in [3.05, 3.63) is 64.8 Å². The van der Waals surface area contributed by atoms with Crippen LogP contribution in [0.4, 0.5) is 0 Å². The smallest absolute Gasteiger partial charge is 0.240 e. The molecule has 1 aromatic heterocycles. The van der Waals surface area contributed by atoms with Crippen LogP contribution in [-0.4, -0.2) is 12.4 Å². The van der Waals surface area contributed by atoms with Crippen LogP contribution in [0.2, 0.25) is 5.02 Å². The first-order valence-corrected chi connectivity index (χ1v) is 8.28. The van der Waals surface area contributed by atoms with Gasteiger partial charge in [-0.25, -0.2) is 12.4 Å². The van der Waals surface area contributed by atoms with Gasteiger partial charge in [-0.2, -0.15) is 5.26 Å². The summed E-state index contributed by atoms with van der Waals surface area (Å²) in [5, 5.41) is 10.2. The van der Waals surface area contributed by atoms with Gasteiger partial charge in [0.05, 0.1) is 16.0 Å². The fraction of sp³-hybridized carbons (Fsp3) is 0.0625. The number of nitrogens with zero attached hydrogens (tertiary/aromatic N) is 2. The Hall–Kier alpha value is -2.29. The zero-order valence-electron chi connectivity index (χ0n) is 11.6. The van der Waals surface area contributed by atoms with Crippen LogP contribution < -0.4 is 0 Å². The van der Waals surface area contributed by atoms with Crippen LogP contribution >= 0.6 is 11.6 Å². The Bertz CT molecular complexity index is 1010. The highest BCUT2D eigenvalue weighted by Gasteiger charge is 2.21. The van der Waals surface area contributed by atoms with Gasteiger partial charge in [-0.3, -0.25) is 0 Å². The number of hydrogen-bond donors (Lipinski definition) is 0. The molecule has 22 heavy (non-hydrogen) atoms. The highest BCUT2D eigenvalue weighted by molar-refractivity contribution is 7.90. The average Bonchev–Trinajstić information content (AvgIpc) is 2.86. The molecule has 110 valence electrons. The molecule has 0 aliphatic heterocycles.